The summed E-state index contributed by atoms with van der Waals surface area (Å²) in [6.45, 7) is 0.876. The van der Waals surface area contributed by atoms with Crippen molar-refractivity contribution in [3.63, 3.8) is 0 Å². The first-order valence-electron chi connectivity index (χ1n) is 6.45. The van der Waals surface area contributed by atoms with Gasteiger partial charge in [0.1, 0.15) is 0 Å². The Bertz CT molecular complexity index is 676. The van der Waals surface area contributed by atoms with E-state index in [1.54, 1.807) is 6.20 Å². The summed E-state index contributed by atoms with van der Waals surface area (Å²) in [5.74, 6) is -0.551. The van der Waals surface area contributed by atoms with Gasteiger partial charge in [0.25, 0.3) is 0 Å². The van der Waals surface area contributed by atoms with E-state index < -0.39 is 5.91 Å². The number of hydrogen-bond donors (Lipinski definition) is 2. The Hall–Kier alpha value is -2.05. The lowest BCUT2D eigenvalue weighted by atomic mass is 10.1. The summed E-state index contributed by atoms with van der Waals surface area (Å²) in [6, 6.07) is 8.26. The molecule has 0 aliphatic rings. The van der Waals surface area contributed by atoms with E-state index in [1.807, 2.05) is 32.4 Å². The first kappa shape index (κ1) is 15.3. The highest BCUT2D eigenvalue weighted by molar-refractivity contribution is 7.90. The Kier molecular flexibility index (Phi) is 4.82. The van der Waals surface area contributed by atoms with E-state index in [9.17, 15) is 4.79 Å². The second-order valence-corrected chi connectivity index (χ2v) is 5.47. The van der Waals surface area contributed by atoms with Crippen molar-refractivity contribution in [3.8, 4) is 11.1 Å². The molecule has 6 heteroatoms. The molecule has 0 radical (unpaired) electrons. The van der Waals surface area contributed by atoms with Gasteiger partial charge >= 0.3 is 0 Å². The molecule has 1 aromatic heterocycles. The Morgan fingerprint density at radius 2 is 2.19 bits per heavy atom. The third-order valence-corrected chi connectivity index (χ3v) is 3.18. The van der Waals surface area contributed by atoms with Crippen LogP contribution in [-0.2, 0) is 11.3 Å². The molecular weight excluding hydrogens is 284 g/mol. The zero-order valence-electron chi connectivity index (χ0n) is 12.0. The lowest BCUT2D eigenvalue weighted by molar-refractivity contribution is -0.113. The van der Waals surface area contributed by atoms with Gasteiger partial charge in [-0.1, -0.05) is 18.2 Å². The molecule has 0 bridgehead atoms. The molecule has 2 N–H and O–H groups in total. The number of rotatable bonds is 5. The van der Waals surface area contributed by atoms with Crippen molar-refractivity contribution < 1.29 is 4.79 Å². The number of thiol groups is 1. The van der Waals surface area contributed by atoms with Gasteiger partial charge in [-0.2, -0.15) is 5.10 Å². The number of aromatic nitrogens is 2. The minimum atomic E-state index is -0.551. The smallest absolute Gasteiger partial charge is 0.244 e. The summed E-state index contributed by atoms with van der Waals surface area (Å²) >= 11 is 4.20. The van der Waals surface area contributed by atoms with Crippen LogP contribution in [-0.4, -0.2) is 34.7 Å². The zero-order valence-corrected chi connectivity index (χ0v) is 12.9. The topological polar surface area (TPSA) is 64.2 Å². The van der Waals surface area contributed by atoms with Crippen molar-refractivity contribution in [2.24, 2.45) is 5.73 Å². The maximum absolute atomic E-state index is 10.9. The highest BCUT2D eigenvalue weighted by Gasteiger charge is 2.05. The average molecular weight is 302 g/mol. The third kappa shape index (κ3) is 4.21. The molecule has 1 heterocycles. The van der Waals surface area contributed by atoms with E-state index in [1.165, 1.54) is 16.3 Å². The number of carbonyl (C=O) groups excluding carboxylic acids is 1. The van der Waals surface area contributed by atoms with E-state index in [0.29, 0.717) is 5.03 Å². The molecule has 0 spiro atoms. The highest BCUT2D eigenvalue weighted by atomic mass is 32.1. The molecule has 0 aliphatic carbocycles. The minimum absolute atomic E-state index is 0.387. The lowest BCUT2D eigenvalue weighted by Gasteiger charge is -2.10. The van der Waals surface area contributed by atoms with Crippen LogP contribution >= 0.6 is 12.6 Å². The van der Waals surface area contributed by atoms with Crippen molar-refractivity contribution >= 4 is 23.6 Å². The van der Waals surface area contributed by atoms with Crippen molar-refractivity contribution in [1.29, 1.82) is 0 Å². The summed E-state index contributed by atoms with van der Waals surface area (Å²) in [6.07, 6.45) is 4.78. The van der Waals surface area contributed by atoms with Crippen LogP contribution < -0.4 is 5.73 Å². The monoisotopic (exact) mass is 302 g/mol. The Morgan fingerprint density at radius 3 is 2.86 bits per heavy atom. The van der Waals surface area contributed by atoms with Crippen LogP contribution in [0.1, 0.15) is 5.56 Å². The SMILES string of the molecule is CN(C)Cc1cccc(-c2cnn(/C(S)=C/C(N)=O)c2)c1. The predicted molar refractivity (Wildman–Crippen MR) is 87.5 cm³/mol. The van der Waals surface area contributed by atoms with E-state index in [0.717, 1.165) is 17.7 Å². The normalized spacial score (nSPS) is 11.9. The molecule has 0 unspecified atom stereocenters. The summed E-state index contributed by atoms with van der Waals surface area (Å²) in [4.78, 5) is 13.0. The number of benzene rings is 1. The standard InChI is InChI=1S/C15H18N4OS/c1-18(2)9-11-4-3-5-12(6-11)13-8-17-19(10-13)15(21)7-14(16)20/h3-8,10,21H,9H2,1-2H3,(H2,16,20)/b15-7-. The maximum Gasteiger partial charge on any atom is 0.244 e. The van der Waals surface area contributed by atoms with Crippen LogP contribution in [0.3, 0.4) is 0 Å². The van der Waals surface area contributed by atoms with E-state index >= 15 is 0 Å². The van der Waals surface area contributed by atoms with Gasteiger partial charge in [-0.25, -0.2) is 4.68 Å². The molecule has 1 amide bonds. The van der Waals surface area contributed by atoms with E-state index in [-0.39, 0.29) is 0 Å². The average Bonchev–Trinajstić information content (AvgIpc) is 2.87. The summed E-state index contributed by atoms with van der Waals surface area (Å²) in [5, 5.41) is 4.58. The van der Waals surface area contributed by atoms with Crippen LogP contribution in [0.25, 0.3) is 16.2 Å². The number of carbonyl (C=O) groups is 1. The molecule has 2 aromatic rings. The van der Waals surface area contributed by atoms with Crippen molar-refractivity contribution in [1.82, 2.24) is 14.7 Å². The van der Waals surface area contributed by atoms with Gasteiger partial charge < -0.3 is 10.6 Å². The molecule has 0 fully saturated rings. The molecule has 0 aliphatic heterocycles. The zero-order chi connectivity index (χ0) is 15.4. The molecule has 0 saturated carbocycles. The van der Waals surface area contributed by atoms with Crippen LogP contribution in [0.2, 0.25) is 0 Å². The maximum atomic E-state index is 10.9. The number of nitrogens with zero attached hydrogens (tertiary/aromatic N) is 3. The second-order valence-electron chi connectivity index (χ2n) is 5.02. The largest absolute Gasteiger partial charge is 0.366 e. The van der Waals surface area contributed by atoms with E-state index in [4.69, 9.17) is 5.73 Å². The predicted octanol–water partition coefficient (Wildman–Crippen LogP) is 1.83. The first-order valence-corrected chi connectivity index (χ1v) is 6.89. The first-order chi connectivity index (χ1) is 9.95. The quantitative estimate of drug-likeness (QED) is 0.654. The fourth-order valence-electron chi connectivity index (χ4n) is 2.00. The van der Waals surface area contributed by atoms with Gasteiger partial charge in [-0.05, 0) is 31.3 Å². The van der Waals surface area contributed by atoms with Crippen LogP contribution in [0, 0.1) is 0 Å². The van der Waals surface area contributed by atoms with Gasteiger partial charge in [0.05, 0.1) is 11.2 Å². The van der Waals surface area contributed by atoms with Gasteiger partial charge in [0.15, 0.2) is 0 Å². The van der Waals surface area contributed by atoms with Crippen LogP contribution in [0.4, 0.5) is 0 Å². The number of amides is 1. The van der Waals surface area contributed by atoms with Crippen molar-refractivity contribution in [2.75, 3.05) is 14.1 Å². The number of primary amides is 1. The van der Waals surface area contributed by atoms with Crippen molar-refractivity contribution in [2.45, 2.75) is 6.54 Å². The molecule has 1 aromatic carbocycles. The fraction of sp³-hybridized carbons (Fsp3) is 0.200. The third-order valence-electron chi connectivity index (χ3n) is 2.85. The Balaban J connectivity index is 2.27. The molecule has 2 rings (SSSR count). The highest BCUT2D eigenvalue weighted by Crippen LogP contribution is 2.22. The van der Waals surface area contributed by atoms with Gasteiger partial charge in [0, 0.05) is 24.4 Å². The van der Waals surface area contributed by atoms with Gasteiger partial charge in [-0.3, -0.25) is 4.79 Å². The fourth-order valence-corrected chi connectivity index (χ4v) is 2.24. The summed E-state index contributed by atoms with van der Waals surface area (Å²) in [5.41, 5.74) is 8.36. The van der Waals surface area contributed by atoms with Crippen LogP contribution in [0.15, 0.2) is 42.7 Å². The molecular formula is C15H18N4OS. The van der Waals surface area contributed by atoms with Gasteiger partial charge in [-0.15, -0.1) is 12.6 Å². The molecule has 0 saturated heterocycles. The molecule has 110 valence electrons. The Morgan fingerprint density at radius 1 is 1.43 bits per heavy atom. The number of nitrogens with two attached hydrogens (primary N) is 1. The van der Waals surface area contributed by atoms with Crippen LogP contribution in [0.5, 0.6) is 0 Å². The summed E-state index contributed by atoms with van der Waals surface area (Å²) < 4.78 is 1.52. The minimum Gasteiger partial charge on any atom is -0.366 e. The molecule has 5 nitrogen and oxygen atoms in total. The second kappa shape index (κ2) is 6.60. The van der Waals surface area contributed by atoms with Crippen molar-refractivity contribution in [3.05, 3.63) is 48.3 Å². The summed E-state index contributed by atoms with van der Waals surface area (Å²) in [7, 11) is 4.07. The molecule has 21 heavy (non-hydrogen) atoms. The lowest BCUT2D eigenvalue weighted by Crippen LogP contribution is -2.10. The molecule has 0 atom stereocenters. The van der Waals surface area contributed by atoms with E-state index in [2.05, 4.69) is 34.8 Å². The Labute approximate surface area is 129 Å². The van der Waals surface area contributed by atoms with Gasteiger partial charge in [0.2, 0.25) is 5.91 Å². The number of hydrogen-bond acceptors (Lipinski definition) is 4.